The number of aliphatic imine (C=N–C) groups is 1. The molecule has 0 atom stereocenters. The van der Waals surface area contributed by atoms with Gasteiger partial charge in [-0.3, -0.25) is 4.99 Å². The lowest BCUT2D eigenvalue weighted by molar-refractivity contribution is 0.538. The zero-order chi connectivity index (χ0) is 13.6. The summed E-state index contributed by atoms with van der Waals surface area (Å²) in [6.45, 7) is 10.2. The molecule has 1 rings (SSSR count). The van der Waals surface area contributed by atoms with Crippen LogP contribution in [0.2, 0.25) is 0 Å². The first-order chi connectivity index (χ1) is 8.45. The largest absolute Gasteiger partial charge is 0.370 e. The average Bonchev–Trinajstić information content (AvgIpc) is 2.34. The third-order valence-electron chi connectivity index (χ3n) is 3.03. The highest BCUT2D eigenvalue weighted by Crippen LogP contribution is 2.23. The molecular formula is C15H26IN3. The fourth-order valence-electron chi connectivity index (χ4n) is 1.69. The molecule has 0 unspecified atom stereocenters. The van der Waals surface area contributed by atoms with Crippen molar-refractivity contribution in [3.8, 4) is 0 Å². The first-order valence-corrected chi connectivity index (χ1v) is 6.56. The van der Waals surface area contributed by atoms with Crippen molar-refractivity contribution in [2.75, 3.05) is 13.1 Å². The quantitative estimate of drug-likeness (QED) is 0.472. The highest BCUT2D eigenvalue weighted by Gasteiger charge is 2.19. The lowest BCUT2D eigenvalue weighted by atomic mass is 9.84. The topological polar surface area (TPSA) is 50.4 Å². The van der Waals surface area contributed by atoms with Crippen LogP contribution in [0.3, 0.4) is 0 Å². The fourth-order valence-corrected chi connectivity index (χ4v) is 1.69. The Morgan fingerprint density at radius 3 is 2.37 bits per heavy atom. The Balaban J connectivity index is 0.00000324. The SMILES string of the molecule is CCCNC(N)=NCC(C)(C)c1ccc(C)cc1.I. The van der Waals surface area contributed by atoms with Crippen LogP contribution in [0.15, 0.2) is 29.3 Å². The Labute approximate surface area is 134 Å². The number of nitrogens with two attached hydrogens (primary N) is 1. The molecule has 0 aliphatic heterocycles. The van der Waals surface area contributed by atoms with E-state index in [0.717, 1.165) is 13.0 Å². The fraction of sp³-hybridized carbons (Fsp3) is 0.533. The number of aryl methyl sites for hydroxylation is 1. The number of benzene rings is 1. The minimum absolute atomic E-state index is 0. The van der Waals surface area contributed by atoms with Crippen LogP contribution in [0.1, 0.15) is 38.3 Å². The van der Waals surface area contributed by atoms with Gasteiger partial charge in [-0.1, -0.05) is 50.6 Å². The van der Waals surface area contributed by atoms with E-state index in [0.29, 0.717) is 12.5 Å². The Bertz CT molecular complexity index is 396. The Morgan fingerprint density at radius 1 is 1.26 bits per heavy atom. The third kappa shape index (κ3) is 6.27. The van der Waals surface area contributed by atoms with Crippen LogP contribution in [0.25, 0.3) is 0 Å². The van der Waals surface area contributed by atoms with Crippen LogP contribution >= 0.6 is 24.0 Å². The zero-order valence-corrected chi connectivity index (χ0v) is 14.7. The number of rotatable bonds is 5. The zero-order valence-electron chi connectivity index (χ0n) is 12.4. The molecule has 0 saturated carbocycles. The molecule has 3 nitrogen and oxygen atoms in total. The minimum atomic E-state index is 0. The van der Waals surface area contributed by atoms with E-state index in [-0.39, 0.29) is 29.4 Å². The van der Waals surface area contributed by atoms with Gasteiger partial charge in [0.1, 0.15) is 0 Å². The second-order valence-corrected chi connectivity index (χ2v) is 5.38. The maximum absolute atomic E-state index is 5.81. The number of nitrogens with zero attached hydrogens (tertiary/aromatic N) is 1. The van der Waals surface area contributed by atoms with Gasteiger partial charge in [-0.05, 0) is 18.9 Å². The van der Waals surface area contributed by atoms with Crippen molar-refractivity contribution in [1.29, 1.82) is 0 Å². The van der Waals surface area contributed by atoms with E-state index in [1.807, 2.05) is 0 Å². The van der Waals surface area contributed by atoms with Gasteiger partial charge in [0.15, 0.2) is 5.96 Å². The number of hydrogen-bond donors (Lipinski definition) is 2. The Kier molecular flexibility index (Phi) is 8.06. The molecule has 4 heteroatoms. The lowest BCUT2D eigenvalue weighted by Crippen LogP contribution is -2.34. The lowest BCUT2D eigenvalue weighted by Gasteiger charge is -2.23. The normalized spacial score (nSPS) is 11.9. The van der Waals surface area contributed by atoms with E-state index in [9.17, 15) is 0 Å². The van der Waals surface area contributed by atoms with Crippen molar-refractivity contribution in [2.24, 2.45) is 10.7 Å². The predicted molar refractivity (Wildman–Crippen MR) is 94.4 cm³/mol. The molecule has 0 aliphatic carbocycles. The summed E-state index contributed by atoms with van der Waals surface area (Å²) in [5.41, 5.74) is 8.39. The standard InChI is InChI=1S/C15H25N3.HI/c1-5-10-17-14(16)18-11-15(3,4)13-8-6-12(2)7-9-13;/h6-9H,5,10-11H2,1-4H3,(H3,16,17,18);1H. The molecule has 0 aliphatic rings. The van der Waals surface area contributed by atoms with Gasteiger partial charge in [-0.25, -0.2) is 0 Å². The van der Waals surface area contributed by atoms with Gasteiger partial charge < -0.3 is 11.1 Å². The number of hydrogen-bond acceptors (Lipinski definition) is 1. The minimum Gasteiger partial charge on any atom is -0.370 e. The first kappa shape index (κ1) is 18.2. The van der Waals surface area contributed by atoms with E-state index in [1.54, 1.807) is 0 Å². The molecule has 108 valence electrons. The van der Waals surface area contributed by atoms with Crippen molar-refractivity contribution in [3.63, 3.8) is 0 Å². The summed E-state index contributed by atoms with van der Waals surface area (Å²) in [6, 6.07) is 8.61. The molecule has 1 aromatic rings. The van der Waals surface area contributed by atoms with Crippen LogP contribution in [0.5, 0.6) is 0 Å². The second kappa shape index (κ2) is 8.40. The van der Waals surface area contributed by atoms with Gasteiger partial charge in [0.25, 0.3) is 0 Å². The van der Waals surface area contributed by atoms with E-state index >= 15 is 0 Å². The van der Waals surface area contributed by atoms with Gasteiger partial charge in [0.05, 0.1) is 6.54 Å². The molecule has 0 radical (unpaired) electrons. The third-order valence-corrected chi connectivity index (χ3v) is 3.03. The maximum Gasteiger partial charge on any atom is 0.188 e. The predicted octanol–water partition coefficient (Wildman–Crippen LogP) is 3.20. The average molecular weight is 375 g/mol. The number of halogens is 1. The van der Waals surface area contributed by atoms with Crippen LogP contribution in [0.4, 0.5) is 0 Å². The molecule has 3 N–H and O–H groups in total. The number of guanidine groups is 1. The van der Waals surface area contributed by atoms with Gasteiger partial charge in [-0.2, -0.15) is 0 Å². The van der Waals surface area contributed by atoms with Crippen molar-refractivity contribution >= 4 is 29.9 Å². The Morgan fingerprint density at radius 2 is 1.84 bits per heavy atom. The van der Waals surface area contributed by atoms with Crippen LogP contribution in [-0.4, -0.2) is 19.0 Å². The van der Waals surface area contributed by atoms with E-state index in [4.69, 9.17) is 5.73 Å². The van der Waals surface area contributed by atoms with Crippen LogP contribution in [-0.2, 0) is 5.41 Å². The van der Waals surface area contributed by atoms with Gasteiger partial charge in [-0.15, -0.1) is 24.0 Å². The highest BCUT2D eigenvalue weighted by molar-refractivity contribution is 14.0. The summed E-state index contributed by atoms with van der Waals surface area (Å²) >= 11 is 0. The summed E-state index contributed by atoms with van der Waals surface area (Å²) in [6.07, 6.45) is 1.05. The van der Waals surface area contributed by atoms with Gasteiger partial charge in [0.2, 0.25) is 0 Å². The van der Waals surface area contributed by atoms with Crippen molar-refractivity contribution < 1.29 is 0 Å². The first-order valence-electron chi connectivity index (χ1n) is 6.56. The molecule has 0 heterocycles. The molecule has 0 fully saturated rings. The molecule has 19 heavy (non-hydrogen) atoms. The smallest absolute Gasteiger partial charge is 0.188 e. The molecule has 0 bridgehead atoms. The van der Waals surface area contributed by atoms with Gasteiger partial charge >= 0.3 is 0 Å². The van der Waals surface area contributed by atoms with Gasteiger partial charge in [0, 0.05) is 12.0 Å². The van der Waals surface area contributed by atoms with Crippen LogP contribution in [0, 0.1) is 6.92 Å². The monoisotopic (exact) mass is 375 g/mol. The van der Waals surface area contributed by atoms with Crippen molar-refractivity contribution in [3.05, 3.63) is 35.4 Å². The highest BCUT2D eigenvalue weighted by atomic mass is 127. The summed E-state index contributed by atoms with van der Waals surface area (Å²) in [7, 11) is 0. The molecule has 0 aromatic heterocycles. The summed E-state index contributed by atoms with van der Waals surface area (Å²) in [5, 5.41) is 3.09. The molecule has 1 aromatic carbocycles. The summed E-state index contributed by atoms with van der Waals surface area (Å²) in [5.74, 6) is 0.539. The maximum atomic E-state index is 5.81. The Hall–Kier alpha value is -0.780. The summed E-state index contributed by atoms with van der Waals surface area (Å²) < 4.78 is 0. The molecular weight excluding hydrogens is 349 g/mol. The second-order valence-electron chi connectivity index (χ2n) is 5.38. The van der Waals surface area contributed by atoms with Crippen molar-refractivity contribution in [1.82, 2.24) is 5.32 Å². The molecule has 0 amide bonds. The summed E-state index contributed by atoms with van der Waals surface area (Å²) in [4.78, 5) is 4.42. The van der Waals surface area contributed by atoms with E-state index in [1.165, 1.54) is 11.1 Å². The van der Waals surface area contributed by atoms with Crippen LogP contribution < -0.4 is 11.1 Å². The number of nitrogens with one attached hydrogen (secondary N) is 1. The molecule has 0 saturated heterocycles. The molecule has 0 spiro atoms. The van der Waals surface area contributed by atoms with E-state index in [2.05, 4.69) is 62.3 Å². The van der Waals surface area contributed by atoms with E-state index < -0.39 is 0 Å². The van der Waals surface area contributed by atoms with Crippen molar-refractivity contribution in [2.45, 2.75) is 39.5 Å².